The van der Waals surface area contributed by atoms with Crippen LogP contribution >= 0.6 is 0 Å². The number of carbonyl (C=O) groups excluding carboxylic acids is 2. The van der Waals surface area contributed by atoms with Gasteiger partial charge in [-0.2, -0.15) is 0 Å². The number of hydrogen-bond acceptors (Lipinski definition) is 8. The van der Waals surface area contributed by atoms with E-state index in [1.165, 1.54) is 12.2 Å². The van der Waals surface area contributed by atoms with Crippen LogP contribution in [0.5, 0.6) is 28.7 Å². The zero-order valence-electron chi connectivity index (χ0n) is 25.5. The minimum atomic E-state index is -2.07. The molecule has 0 heterocycles. The maximum Gasteiger partial charge on any atom is 0.317 e. The van der Waals surface area contributed by atoms with Gasteiger partial charge in [-0.15, -0.1) is 0 Å². The van der Waals surface area contributed by atoms with Gasteiger partial charge in [-0.25, -0.2) is 9.59 Å². The Morgan fingerprint density at radius 3 is 1.55 bits per heavy atom. The molecule has 0 fully saturated rings. The molecule has 0 radical (unpaired) electrons. The summed E-state index contributed by atoms with van der Waals surface area (Å²) >= 11 is 0. The fraction of sp³-hybridized carbons (Fsp3) is 0.379. The van der Waals surface area contributed by atoms with Gasteiger partial charge in [0.2, 0.25) is 25.0 Å². The molecule has 2 aromatic rings. The van der Waals surface area contributed by atoms with E-state index in [2.05, 4.69) is 19.6 Å². The molecule has 218 valence electrons. The van der Waals surface area contributed by atoms with Crippen molar-refractivity contribution < 1.29 is 37.1 Å². The minimum absolute atomic E-state index is 0.378. The number of carbonyl (C=O) groups is 2. The predicted octanol–water partition coefficient (Wildman–Crippen LogP) is 7.49. The maximum absolute atomic E-state index is 12.3. The highest BCUT2D eigenvalue weighted by Crippen LogP contribution is 2.44. The van der Waals surface area contributed by atoms with Gasteiger partial charge in [-0.1, -0.05) is 6.07 Å². The zero-order chi connectivity index (χ0) is 30.3. The Morgan fingerprint density at radius 1 is 0.600 bits per heavy atom. The second-order valence-corrected chi connectivity index (χ2v) is 25.3. The molecule has 0 saturated heterocycles. The van der Waals surface area contributed by atoms with Gasteiger partial charge >= 0.3 is 11.9 Å². The van der Waals surface area contributed by atoms with Gasteiger partial charge in [0.15, 0.2) is 28.7 Å². The summed E-state index contributed by atoms with van der Waals surface area (Å²) < 4.78 is 34.9. The van der Waals surface area contributed by atoms with Gasteiger partial charge in [-0.3, -0.25) is 0 Å². The molecule has 0 saturated carbocycles. The van der Waals surface area contributed by atoms with Gasteiger partial charge in [0.1, 0.15) is 0 Å². The molecule has 0 amide bonds. The van der Waals surface area contributed by atoms with Crippen molar-refractivity contribution in [3.63, 3.8) is 0 Å². The lowest BCUT2D eigenvalue weighted by Gasteiger charge is -2.24. The second kappa shape index (κ2) is 13.4. The van der Waals surface area contributed by atoms with E-state index in [-0.39, 0.29) is 5.97 Å². The first kappa shape index (κ1) is 32.9. The smallest absolute Gasteiger partial charge is 0.317 e. The van der Waals surface area contributed by atoms with E-state index in [4.69, 9.17) is 27.5 Å². The Labute approximate surface area is 241 Å². The van der Waals surface area contributed by atoms with Gasteiger partial charge in [0.05, 0.1) is 14.2 Å². The summed E-state index contributed by atoms with van der Waals surface area (Å²) in [5, 5.41) is 0. The molecule has 0 aliphatic carbocycles. The number of methoxy groups -OCH3 is 2. The van der Waals surface area contributed by atoms with E-state index >= 15 is 0 Å². The average Bonchev–Trinajstić information content (AvgIpc) is 2.80. The summed E-state index contributed by atoms with van der Waals surface area (Å²) in [5.41, 5.74) is 1.41. The molecular formula is C29H42O8Si3. The van der Waals surface area contributed by atoms with Crippen molar-refractivity contribution in [1.29, 1.82) is 0 Å². The van der Waals surface area contributed by atoms with Gasteiger partial charge in [-0.05, 0) is 106 Å². The Bertz CT molecular complexity index is 1270. The summed E-state index contributed by atoms with van der Waals surface area (Å²) in [6.07, 6.45) is 6.12. The number of hydrogen-bond donors (Lipinski definition) is 0. The van der Waals surface area contributed by atoms with E-state index < -0.39 is 30.9 Å². The minimum Gasteiger partial charge on any atom is -0.539 e. The van der Waals surface area contributed by atoms with E-state index in [1.54, 1.807) is 50.6 Å². The van der Waals surface area contributed by atoms with Crippen molar-refractivity contribution in [1.82, 2.24) is 0 Å². The van der Waals surface area contributed by atoms with E-state index in [9.17, 15) is 9.59 Å². The molecule has 2 aromatic carbocycles. The van der Waals surface area contributed by atoms with Gasteiger partial charge in [0.25, 0.3) is 0 Å². The second-order valence-electron chi connectivity index (χ2n) is 12.0. The fourth-order valence-corrected chi connectivity index (χ4v) is 5.47. The first-order valence-corrected chi connectivity index (χ1v) is 23.2. The quantitative estimate of drug-likeness (QED) is 0.182. The molecule has 8 nitrogen and oxygen atoms in total. The molecule has 0 aromatic heterocycles. The summed E-state index contributed by atoms with van der Waals surface area (Å²) in [6.45, 7) is 17.9. The van der Waals surface area contributed by atoms with Crippen LogP contribution in [0.3, 0.4) is 0 Å². The van der Waals surface area contributed by atoms with Crippen LogP contribution in [0.2, 0.25) is 58.9 Å². The normalized spacial score (nSPS) is 12.4. The van der Waals surface area contributed by atoms with E-state index in [0.29, 0.717) is 34.3 Å². The van der Waals surface area contributed by atoms with E-state index in [0.717, 1.165) is 5.56 Å². The van der Waals surface area contributed by atoms with Crippen LogP contribution in [0.4, 0.5) is 0 Å². The number of rotatable bonds is 12. The van der Waals surface area contributed by atoms with Crippen molar-refractivity contribution in [2.75, 3.05) is 14.2 Å². The number of ether oxygens (including phenoxy) is 3. The van der Waals surface area contributed by atoms with Crippen LogP contribution in [0.1, 0.15) is 11.1 Å². The monoisotopic (exact) mass is 602 g/mol. The summed E-state index contributed by atoms with van der Waals surface area (Å²) in [7, 11) is -2.98. The largest absolute Gasteiger partial charge is 0.539 e. The van der Waals surface area contributed by atoms with E-state index in [1.807, 2.05) is 45.3 Å². The van der Waals surface area contributed by atoms with Crippen LogP contribution < -0.4 is 18.6 Å². The van der Waals surface area contributed by atoms with Crippen molar-refractivity contribution in [3.05, 3.63) is 53.6 Å². The highest BCUT2D eigenvalue weighted by atomic mass is 28.4. The van der Waals surface area contributed by atoms with Crippen LogP contribution in [0, 0.1) is 0 Å². The predicted molar refractivity (Wildman–Crippen MR) is 167 cm³/mol. The first-order valence-electron chi connectivity index (χ1n) is 13.0. The van der Waals surface area contributed by atoms with Crippen molar-refractivity contribution >= 4 is 49.0 Å². The average molecular weight is 603 g/mol. The first-order chi connectivity index (χ1) is 18.4. The lowest BCUT2D eigenvalue weighted by atomic mass is 10.1. The Hall–Kier alpha value is -3.29. The Morgan fingerprint density at radius 2 is 1.07 bits per heavy atom. The molecule has 0 spiro atoms. The number of benzene rings is 2. The molecule has 0 atom stereocenters. The van der Waals surface area contributed by atoms with Gasteiger partial charge in [0, 0.05) is 12.2 Å². The molecule has 0 aliphatic rings. The van der Waals surface area contributed by atoms with Crippen molar-refractivity contribution in [2.45, 2.75) is 58.9 Å². The standard InChI is InChI=1S/C29H42O8Si3/c1-32-24-18-21(13-16-27(30)35-38(3,4)5)12-15-23(24)34-26-20-22(14-17-28(31)36-39(6,7)8)19-25(33-2)29(26)37-40(9,10)11/h12-20H,1-11H3/b16-13+,17-14+. The van der Waals surface area contributed by atoms with Crippen LogP contribution in [0.15, 0.2) is 42.5 Å². The third-order valence-electron chi connectivity index (χ3n) is 4.72. The van der Waals surface area contributed by atoms with Crippen molar-refractivity contribution in [3.8, 4) is 28.7 Å². The van der Waals surface area contributed by atoms with Crippen LogP contribution in [-0.2, 0) is 18.4 Å². The highest BCUT2D eigenvalue weighted by Gasteiger charge is 2.24. The summed E-state index contributed by atoms with van der Waals surface area (Å²) in [5.74, 6) is 1.45. The lowest BCUT2D eigenvalue weighted by Crippen LogP contribution is -2.29. The molecule has 11 heteroatoms. The molecule has 40 heavy (non-hydrogen) atoms. The highest BCUT2D eigenvalue weighted by molar-refractivity contribution is 6.72. The Balaban J connectivity index is 2.48. The lowest BCUT2D eigenvalue weighted by molar-refractivity contribution is -0.130. The molecular weight excluding hydrogens is 561 g/mol. The topological polar surface area (TPSA) is 89.5 Å². The third kappa shape index (κ3) is 11.4. The third-order valence-corrected chi connectivity index (χ3v) is 7.16. The summed E-state index contributed by atoms with van der Waals surface area (Å²) in [6, 6.07) is 8.88. The Kier molecular flexibility index (Phi) is 11.0. The van der Waals surface area contributed by atoms with Crippen molar-refractivity contribution in [2.24, 2.45) is 0 Å². The van der Waals surface area contributed by atoms with Crippen LogP contribution in [-0.4, -0.2) is 51.1 Å². The molecule has 0 bridgehead atoms. The fourth-order valence-electron chi connectivity index (χ4n) is 3.32. The SMILES string of the molecule is COc1cc(/C=C/C(=O)O[Si](C)(C)C)ccc1Oc1cc(/C=C/C(=O)O[Si](C)(C)C)cc(OC)c1O[Si](C)(C)C. The van der Waals surface area contributed by atoms with Crippen LogP contribution in [0.25, 0.3) is 12.2 Å². The maximum atomic E-state index is 12.3. The summed E-state index contributed by atoms with van der Waals surface area (Å²) in [4.78, 5) is 24.4. The molecule has 0 unspecified atom stereocenters. The molecule has 0 N–H and O–H groups in total. The molecule has 0 aliphatic heterocycles. The molecule has 2 rings (SSSR count). The zero-order valence-corrected chi connectivity index (χ0v) is 28.5. The van der Waals surface area contributed by atoms with Gasteiger partial charge < -0.3 is 27.5 Å².